The summed E-state index contributed by atoms with van der Waals surface area (Å²) in [4.78, 5) is 3.32. The monoisotopic (exact) mass is 226 g/mol. The van der Waals surface area contributed by atoms with Crippen molar-refractivity contribution in [3.8, 4) is 0 Å². The Morgan fingerprint density at radius 2 is 2.12 bits per heavy atom. The highest BCUT2D eigenvalue weighted by Crippen LogP contribution is 2.25. The van der Waals surface area contributed by atoms with E-state index in [0.29, 0.717) is 0 Å². The first-order valence-electron chi connectivity index (χ1n) is 5.62. The van der Waals surface area contributed by atoms with Crippen LogP contribution in [0.4, 0.5) is 5.69 Å². The van der Waals surface area contributed by atoms with E-state index in [0.717, 1.165) is 23.1 Å². The number of fused-ring (bicyclic) bond motifs is 1. The molecule has 0 aliphatic rings. The largest absolute Gasteiger partial charge is 0.464 e. The van der Waals surface area contributed by atoms with Gasteiger partial charge in [-0.05, 0) is 31.2 Å². The SMILES string of the molecule is Cc1ccc(Cc2coc3cc(N)ccc23)[nH]1. The predicted octanol–water partition coefficient (Wildman–Crippen LogP) is 3.24. The molecule has 86 valence electrons. The molecular weight excluding hydrogens is 212 g/mol. The quantitative estimate of drug-likeness (QED) is 0.659. The summed E-state index contributed by atoms with van der Waals surface area (Å²) in [6.45, 7) is 2.05. The number of aromatic nitrogens is 1. The van der Waals surface area contributed by atoms with Crippen molar-refractivity contribution in [2.75, 3.05) is 5.73 Å². The molecule has 3 N–H and O–H groups in total. The summed E-state index contributed by atoms with van der Waals surface area (Å²) in [6.07, 6.45) is 2.66. The van der Waals surface area contributed by atoms with Crippen LogP contribution in [-0.4, -0.2) is 4.98 Å². The van der Waals surface area contributed by atoms with Gasteiger partial charge in [-0.15, -0.1) is 0 Å². The predicted molar refractivity (Wildman–Crippen MR) is 69.0 cm³/mol. The maximum atomic E-state index is 5.72. The van der Waals surface area contributed by atoms with Crippen molar-refractivity contribution in [2.45, 2.75) is 13.3 Å². The van der Waals surface area contributed by atoms with E-state index in [9.17, 15) is 0 Å². The standard InChI is InChI=1S/C14H14N2O/c1-9-2-4-12(16-9)6-10-8-17-14-7-11(15)3-5-13(10)14/h2-5,7-8,16H,6,15H2,1H3. The highest BCUT2D eigenvalue weighted by molar-refractivity contribution is 5.84. The Morgan fingerprint density at radius 1 is 1.24 bits per heavy atom. The minimum atomic E-state index is 0.731. The Morgan fingerprint density at radius 3 is 2.88 bits per heavy atom. The number of nitrogen functional groups attached to an aromatic ring is 1. The van der Waals surface area contributed by atoms with Crippen LogP contribution in [0.25, 0.3) is 11.0 Å². The van der Waals surface area contributed by atoms with E-state index in [2.05, 4.69) is 24.0 Å². The van der Waals surface area contributed by atoms with Gasteiger partial charge in [-0.3, -0.25) is 0 Å². The topological polar surface area (TPSA) is 54.9 Å². The molecule has 0 aliphatic carbocycles. The third-order valence-electron chi connectivity index (χ3n) is 2.95. The first kappa shape index (κ1) is 10.0. The highest BCUT2D eigenvalue weighted by atomic mass is 16.3. The lowest BCUT2D eigenvalue weighted by molar-refractivity contribution is 0.611. The molecule has 3 nitrogen and oxygen atoms in total. The van der Waals surface area contributed by atoms with E-state index in [1.54, 1.807) is 6.26 Å². The molecule has 3 aromatic rings. The minimum absolute atomic E-state index is 0.731. The average molecular weight is 226 g/mol. The van der Waals surface area contributed by atoms with E-state index >= 15 is 0 Å². The van der Waals surface area contributed by atoms with Gasteiger partial charge >= 0.3 is 0 Å². The molecule has 0 radical (unpaired) electrons. The van der Waals surface area contributed by atoms with Crippen molar-refractivity contribution in [2.24, 2.45) is 0 Å². The number of aromatic amines is 1. The molecule has 0 saturated carbocycles. The number of furan rings is 1. The number of benzene rings is 1. The van der Waals surface area contributed by atoms with E-state index < -0.39 is 0 Å². The van der Waals surface area contributed by atoms with Gasteiger partial charge in [-0.2, -0.15) is 0 Å². The second-order valence-electron chi connectivity index (χ2n) is 4.36. The molecule has 0 atom stereocenters. The molecule has 3 heteroatoms. The molecule has 2 aromatic heterocycles. The van der Waals surface area contributed by atoms with Crippen molar-refractivity contribution in [3.63, 3.8) is 0 Å². The Balaban J connectivity index is 2.00. The lowest BCUT2D eigenvalue weighted by atomic mass is 10.1. The molecule has 17 heavy (non-hydrogen) atoms. The van der Waals surface area contributed by atoms with Gasteiger partial charge in [-0.25, -0.2) is 0 Å². The van der Waals surface area contributed by atoms with E-state index in [-0.39, 0.29) is 0 Å². The summed E-state index contributed by atoms with van der Waals surface area (Å²) in [5, 5.41) is 1.13. The number of nitrogens with one attached hydrogen (secondary N) is 1. The normalized spacial score (nSPS) is 11.1. The second kappa shape index (κ2) is 3.70. The Bertz CT molecular complexity index is 664. The third-order valence-corrected chi connectivity index (χ3v) is 2.95. The number of H-pyrrole nitrogens is 1. The third kappa shape index (κ3) is 1.80. The van der Waals surface area contributed by atoms with Crippen molar-refractivity contribution in [3.05, 3.63) is 53.5 Å². The number of hydrogen-bond donors (Lipinski definition) is 2. The van der Waals surface area contributed by atoms with Gasteiger partial charge in [0.05, 0.1) is 6.26 Å². The Kier molecular flexibility index (Phi) is 2.18. The molecule has 2 heterocycles. The zero-order chi connectivity index (χ0) is 11.8. The Hall–Kier alpha value is -2.16. The molecule has 0 spiro atoms. The van der Waals surface area contributed by atoms with Crippen molar-refractivity contribution in [1.82, 2.24) is 4.98 Å². The Labute approximate surface area is 99.2 Å². The van der Waals surface area contributed by atoms with Gasteiger partial charge in [0, 0.05) is 40.5 Å². The van der Waals surface area contributed by atoms with Gasteiger partial charge in [0.2, 0.25) is 0 Å². The van der Waals surface area contributed by atoms with Crippen LogP contribution >= 0.6 is 0 Å². The van der Waals surface area contributed by atoms with E-state index in [4.69, 9.17) is 10.2 Å². The summed E-state index contributed by atoms with van der Waals surface area (Å²) in [5.41, 5.74) is 10.9. The van der Waals surface area contributed by atoms with Crippen LogP contribution in [0.3, 0.4) is 0 Å². The number of rotatable bonds is 2. The molecule has 0 bridgehead atoms. The van der Waals surface area contributed by atoms with Crippen LogP contribution in [0.5, 0.6) is 0 Å². The summed E-state index contributed by atoms with van der Waals surface area (Å²) >= 11 is 0. The molecular formula is C14H14N2O. The van der Waals surface area contributed by atoms with Crippen LogP contribution in [0.15, 0.2) is 41.0 Å². The molecule has 3 rings (SSSR count). The van der Waals surface area contributed by atoms with Gasteiger partial charge in [0.1, 0.15) is 5.58 Å². The maximum absolute atomic E-state index is 5.72. The number of anilines is 1. The van der Waals surface area contributed by atoms with Gasteiger partial charge in [0.15, 0.2) is 0 Å². The number of aryl methyl sites for hydroxylation is 1. The summed E-state index contributed by atoms with van der Waals surface area (Å²) in [6, 6.07) is 9.96. The molecule has 1 aromatic carbocycles. The first-order valence-corrected chi connectivity index (χ1v) is 5.62. The van der Waals surface area contributed by atoms with Crippen molar-refractivity contribution < 1.29 is 4.42 Å². The van der Waals surface area contributed by atoms with E-state index in [1.165, 1.54) is 17.0 Å². The molecule has 0 aliphatic heterocycles. The lowest BCUT2D eigenvalue weighted by Gasteiger charge is -1.97. The minimum Gasteiger partial charge on any atom is -0.464 e. The second-order valence-corrected chi connectivity index (χ2v) is 4.36. The van der Waals surface area contributed by atoms with Gasteiger partial charge in [0.25, 0.3) is 0 Å². The number of nitrogens with two attached hydrogens (primary N) is 1. The van der Waals surface area contributed by atoms with Crippen LogP contribution < -0.4 is 5.73 Å². The van der Waals surface area contributed by atoms with Crippen LogP contribution in [0, 0.1) is 6.92 Å². The number of hydrogen-bond acceptors (Lipinski definition) is 2. The molecule has 0 amide bonds. The van der Waals surface area contributed by atoms with Crippen LogP contribution in [-0.2, 0) is 6.42 Å². The molecule has 0 unspecified atom stereocenters. The summed E-state index contributed by atoms with van der Waals surface area (Å²) < 4.78 is 5.51. The van der Waals surface area contributed by atoms with Gasteiger partial charge in [-0.1, -0.05) is 0 Å². The van der Waals surface area contributed by atoms with Crippen LogP contribution in [0.1, 0.15) is 17.0 Å². The fourth-order valence-electron chi connectivity index (χ4n) is 2.11. The smallest absolute Gasteiger partial charge is 0.136 e. The first-order chi connectivity index (χ1) is 8.22. The van der Waals surface area contributed by atoms with Crippen molar-refractivity contribution in [1.29, 1.82) is 0 Å². The average Bonchev–Trinajstić information content (AvgIpc) is 2.86. The van der Waals surface area contributed by atoms with Crippen LogP contribution in [0.2, 0.25) is 0 Å². The lowest BCUT2D eigenvalue weighted by Crippen LogP contribution is -1.87. The zero-order valence-corrected chi connectivity index (χ0v) is 9.66. The summed E-state index contributed by atoms with van der Waals surface area (Å²) in [5.74, 6) is 0. The summed E-state index contributed by atoms with van der Waals surface area (Å²) in [7, 11) is 0. The van der Waals surface area contributed by atoms with E-state index in [1.807, 2.05) is 18.2 Å². The molecule has 0 saturated heterocycles. The molecule has 0 fully saturated rings. The fraction of sp³-hybridized carbons (Fsp3) is 0.143. The van der Waals surface area contributed by atoms with Gasteiger partial charge < -0.3 is 15.1 Å². The fourth-order valence-corrected chi connectivity index (χ4v) is 2.11. The zero-order valence-electron chi connectivity index (χ0n) is 9.66. The maximum Gasteiger partial charge on any atom is 0.136 e. The highest BCUT2D eigenvalue weighted by Gasteiger charge is 2.07. The van der Waals surface area contributed by atoms with Crippen molar-refractivity contribution >= 4 is 16.7 Å².